The average molecular weight is 593 g/mol. The lowest BCUT2D eigenvalue weighted by Crippen LogP contribution is -1.96. The maximum atomic E-state index is 11.9. The van der Waals surface area contributed by atoms with Crippen LogP contribution in [0.3, 0.4) is 0 Å². The van der Waals surface area contributed by atoms with Gasteiger partial charge < -0.3 is 0 Å². The predicted molar refractivity (Wildman–Crippen MR) is 163 cm³/mol. The number of nitro benzene ring substituents is 2. The van der Waals surface area contributed by atoms with E-state index in [4.69, 9.17) is 0 Å². The fourth-order valence-corrected chi connectivity index (χ4v) is 5.00. The van der Waals surface area contributed by atoms with Gasteiger partial charge in [-0.2, -0.15) is 0 Å². The highest BCUT2D eigenvalue weighted by molar-refractivity contribution is 8.13. The molecular weight excluding hydrogens is 572 g/mol. The van der Waals surface area contributed by atoms with Crippen molar-refractivity contribution in [2.24, 2.45) is 0 Å². The summed E-state index contributed by atoms with van der Waals surface area (Å²) in [5.41, 5.74) is 1.81. The highest BCUT2D eigenvalue weighted by Crippen LogP contribution is 2.34. The van der Waals surface area contributed by atoms with Crippen LogP contribution in [0.5, 0.6) is 0 Å². The quantitative estimate of drug-likeness (QED) is 0.103. The van der Waals surface area contributed by atoms with Crippen LogP contribution in [0.2, 0.25) is 0 Å². The molecular formula is C32H20N2O6S2. The Kier molecular flexibility index (Phi) is 9.56. The number of benzene rings is 4. The minimum Gasteiger partial charge on any atom is -0.287 e. The Labute approximate surface area is 249 Å². The summed E-state index contributed by atoms with van der Waals surface area (Å²) >= 11 is 2.20. The van der Waals surface area contributed by atoms with E-state index in [1.165, 1.54) is 38.1 Å². The van der Waals surface area contributed by atoms with Crippen LogP contribution in [0.25, 0.3) is 11.1 Å². The second kappa shape index (κ2) is 13.5. The highest BCUT2D eigenvalue weighted by Gasteiger charge is 2.20. The molecule has 0 aromatic heterocycles. The molecule has 0 unspecified atom stereocenters. The maximum absolute atomic E-state index is 11.9. The van der Waals surface area contributed by atoms with Gasteiger partial charge >= 0.3 is 0 Å². The number of thioether (sulfide) groups is 2. The van der Waals surface area contributed by atoms with Gasteiger partial charge in [0.15, 0.2) is 10.2 Å². The molecule has 0 bridgehead atoms. The van der Waals surface area contributed by atoms with Crippen LogP contribution >= 0.6 is 23.5 Å². The molecule has 0 spiro atoms. The number of carbonyl (C=O) groups is 2. The zero-order valence-corrected chi connectivity index (χ0v) is 23.9. The first-order valence-corrected chi connectivity index (χ1v) is 13.9. The summed E-state index contributed by atoms with van der Waals surface area (Å²) in [6, 6.07) is 22.7. The number of nitro groups is 2. The molecule has 0 saturated heterocycles. The molecule has 4 rings (SSSR count). The molecule has 0 aliphatic carbocycles. The lowest BCUT2D eigenvalue weighted by atomic mass is 9.99. The van der Waals surface area contributed by atoms with Gasteiger partial charge in [0, 0.05) is 52.5 Å². The van der Waals surface area contributed by atoms with E-state index < -0.39 is 9.85 Å². The van der Waals surface area contributed by atoms with Crippen LogP contribution in [-0.4, -0.2) is 20.1 Å². The third kappa shape index (κ3) is 7.95. The van der Waals surface area contributed by atoms with Crippen LogP contribution in [-0.2, 0) is 9.59 Å². The van der Waals surface area contributed by atoms with Gasteiger partial charge in [0.1, 0.15) is 5.56 Å². The number of hydrogen-bond acceptors (Lipinski definition) is 8. The fraction of sp³-hybridized carbons (Fsp3) is 0.0625. The first-order chi connectivity index (χ1) is 20.1. The standard InChI is InChI=1S/C32H20N2O6S2/c1-21(35)41-28-14-6-23(7-15-28)3-4-25-10-18-30(32(19-25)34(39)40)27-13-12-26(31(20-27)33(37)38)11-5-24-8-16-29(17-9-24)42-22(2)36/h6-10,12-20H,1-2H3. The Bertz CT molecular complexity index is 1840. The Morgan fingerprint density at radius 2 is 1.07 bits per heavy atom. The van der Waals surface area contributed by atoms with E-state index >= 15 is 0 Å². The molecule has 0 fully saturated rings. The zero-order chi connectivity index (χ0) is 30.2. The highest BCUT2D eigenvalue weighted by atomic mass is 32.2. The Hall–Kier alpha value is -5.16. The smallest absolute Gasteiger partial charge is 0.285 e. The molecule has 4 aromatic rings. The van der Waals surface area contributed by atoms with Crippen molar-refractivity contribution in [2.45, 2.75) is 23.6 Å². The molecule has 0 N–H and O–H groups in total. The van der Waals surface area contributed by atoms with E-state index in [1.54, 1.807) is 60.7 Å². The van der Waals surface area contributed by atoms with Crippen molar-refractivity contribution in [2.75, 3.05) is 0 Å². The molecule has 42 heavy (non-hydrogen) atoms. The molecule has 0 heterocycles. The molecule has 0 saturated carbocycles. The molecule has 4 aromatic carbocycles. The molecule has 0 aliphatic heterocycles. The predicted octanol–water partition coefficient (Wildman–Crippen LogP) is 7.25. The number of rotatable bonds is 5. The minimum atomic E-state index is -0.577. The van der Waals surface area contributed by atoms with Gasteiger partial charge in [0.2, 0.25) is 0 Å². The van der Waals surface area contributed by atoms with E-state index in [9.17, 15) is 29.8 Å². The van der Waals surface area contributed by atoms with Crippen molar-refractivity contribution in [3.8, 4) is 34.8 Å². The second-order valence-corrected chi connectivity index (χ2v) is 11.2. The van der Waals surface area contributed by atoms with Crippen molar-refractivity contribution in [1.82, 2.24) is 0 Å². The molecule has 0 atom stereocenters. The van der Waals surface area contributed by atoms with Crippen LogP contribution in [0.1, 0.15) is 36.1 Å². The summed E-state index contributed by atoms with van der Waals surface area (Å²) < 4.78 is 0. The van der Waals surface area contributed by atoms with Crippen molar-refractivity contribution >= 4 is 45.1 Å². The average Bonchev–Trinajstić information content (AvgIpc) is 2.95. The van der Waals surface area contributed by atoms with Gasteiger partial charge in [-0.25, -0.2) is 0 Å². The van der Waals surface area contributed by atoms with E-state index in [1.807, 2.05) is 0 Å². The number of nitrogens with zero attached hydrogens (tertiary/aromatic N) is 2. The molecule has 0 aliphatic rings. The second-order valence-electron chi connectivity index (χ2n) is 8.71. The Morgan fingerprint density at radius 3 is 1.57 bits per heavy atom. The van der Waals surface area contributed by atoms with E-state index in [0.717, 1.165) is 33.3 Å². The van der Waals surface area contributed by atoms with E-state index in [-0.39, 0.29) is 32.7 Å². The van der Waals surface area contributed by atoms with Gasteiger partial charge in [-0.05, 0) is 72.3 Å². The van der Waals surface area contributed by atoms with Gasteiger partial charge in [0.05, 0.1) is 15.4 Å². The minimum absolute atomic E-state index is 0.0260. The summed E-state index contributed by atoms with van der Waals surface area (Å²) in [7, 11) is 0. The third-order valence-electron chi connectivity index (χ3n) is 5.62. The molecule has 206 valence electrons. The summed E-state index contributed by atoms with van der Waals surface area (Å²) in [5.74, 6) is 11.5. The topological polar surface area (TPSA) is 120 Å². The summed E-state index contributed by atoms with van der Waals surface area (Å²) in [6.45, 7) is 2.95. The van der Waals surface area contributed by atoms with Crippen LogP contribution in [0.15, 0.2) is 94.7 Å². The monoisotopic (exact) mass is 592 g/mol. The van der Waals surface area contributed by atoms with Crippen molar-refractivity contribution < 1.29 is 19.4 Å². The molecule has 8 nitrogen and oxygen atoms in total. The van der Waals surface area contributed by atoms with Crippen molar-refractivity contribution in [1.29, 1.82) is 0 Å². The van der Waals surface area contributed by atoms with Crippen LogP contribution in [0.4, 0.5) is 11.4 Å². The third-order valence-corrected chi connectivity index (χ3v) is 7.21. The summed E-state index contributed by atoms with van der Waals surface area (Å²) in [5, 5.41) is 23.7. The summed E-state index contributed by atoms with van der Waals surface area (Å²) in [6.07, 6.45) is 0. The van der Waals surface area contributed by atoms with Crippen LogP contribution < -0.4 is 0 Å². The lowest BCUT2D eigenvalue weighted by Gasteiger charge is -2.05. The maximum Gasteiger partial charge on any atom is 0.285 e. The Balaban J connectivity index is 1.62. The number of carbonyl (C=O) groups excluding carboxylic acids is 2. The van der Waals surface area contributed by atoms with Crippen molar-refractivity contribution in [3.05, 3.63) is 127 Å². The zero-order valence-electron chi connectivity index (χ0n) is 22.2. The van der Waals surface area contributed by atoms with Gasteiger partial charge in [0.25, 0.3) is 11.4 Å². The van der Waals surface area contributed by atoms with Gasteiger partial charge in [-0.1, -0.05) is 53.3 Å². The van der Waals surface area contributed by atoms with E-state index in [2.05, 4.69) is 23.7 Å². The lowest BCUT2D eigenvalue weighted by molar-refractivity contribution is -0.385. The SMILES string of the molecule is CC(=O)Sc1ccc(C#Cc2ccc(-c3ccc(C#Cc4ccc(SC(C)=O)cc4)c([N+](=O)[O-])c3)c([N+](=O)[O-])c2)cc1. The Morgan fingerprint density at radius 1 is 0.595 bits per heavy atom. The first-order valence-electron chi connectivity index (χ1n) is 12.3. The van der Waals surface area contributed by atoms with Crippen LogP contribution in [0, 0.1) is 43.9 Å². The molecule has 10 heteroatoms. The molecule has 0 radical (unpaired) electrons. The van der Waals surface area contributed by atoms with Gasteiger partial charge in [-0.3, -0.25) is 29.8 Å². The molecule has 0 amide bonds. The van der Waals surface area contributed by atoms with E-state index in [0.29, 0.717) is 22.3 Å². The normalized spacial score (nSPS) is 10.0. The first kappa shape index (κ1) is 29.8. The van der Waals surface area contributed by atoms with Gasteiger partial charge in [-0.15, -0.1) is 0 Å². The number of hydrogen-bond donors (Lipinski definition) is 0. The summed E-state index contributed by atoms with van der Waals surface area (Å²) in [4.78, 5) is 46.7. The van der Waals surface area contributed by atoms with Crippen molar-refractivity contribution in [3.63, 3.8) is 0 Å². The largest absolute Gasteiger partial charge is 0.287 e. The fourth-order valence-electron chi connectivity index (χ4n) is 3.79.